The van der Waals surface area contributed by atoms with Gasteiger partial charge >= 0.3 is 0 Å². The van der Waals surface area contributed by atoms with Gasteiger partial charge in [-0.3, -0.25) is 10.1 Å². The summed E-state index contributed by atoms with van der Waals surface area (Å²) in [5.74, 6) is -1.62. The molecule has 0 radical (unpaired) electrons. The number of hydrogen-bond acceptors (Lipinski definition) is 4. The Bertz CT molecular complexity index is 712. The number of nitrogens with one attached hydrogen (secondary N) is 1. The smallest absolute Gasteiger partial charge is 0.293 e. The van der Waals surface area contributed by atoms with Gasteiger partial charge in [-0.05, 0) is 18.2 Å². The summed E-state index contributed by atoms with van der Waals surface area (Å²) in [5.41, 5.74) is -0.0791. The van der Waals surface area contributed by atoms with Crippen LogP contribution in [0, 0.1) is 21.7 Å². The van der Waals surface area contributed by atoms with Crippen molar-refractivity contribution in [2.75, 3.05) is 11.9 Å². The lowest BCUT2D eigenvalue weighted by Crippen LogP contribution is -2.14. The van der Waals surface area contributed by atoms with Gasteiger partial charge in [0.2, 0.25) is 0 Å². The highest BCUT2D eigenvalue weighted by atomic mass is 79.9. The van der Waals surface area contributed by atoms with Crippen molar-refractivity contribution in [2.45, 2.75) is 6.10 Å². The van der Waals surface area contributed by atoms with E-state index in [1.54, 1.807) is 6.07 Å². The SMILES string of the molecule is O=[N+]([O-])c1cc(Br)ccc1NCC(O)c1ccc(F)cc1F. The van der Waals surface area contributed by atoms with Gasteiger partial charge in [-0.1, -0.05) is 22.0 Å². The molecule has 22 heavy (non-hydrogen) atoms. The predicted molar refractivity (Wildman–Crippen MR) is 80.6 cm³/mol. The van der Waals surface area contributed by atoms with E-state index < -0.39 is 22.7 Å². The van der Waals surface area contributed by atoms with Gasteiger partial charge in [-0.15, -0.1) is 0 Å². The topological polar surface area (TPSA) is 75.4 Å². The molecule has 0 saturated carbocycles. The summed E-state index contributed by atoms with van der Waals surface area (Å²) < 4.78 is 26.9. The summed E-state index contributed by atoms with van der Waals surface area (Å²) in [6.45, 7) is -0.162. The average molecular weight is 373 g/mol. The molecule has 2 rings (SSSR count). The lowest BCUT2D eigenvalue weighted by molar-refractivity contribution is -0.384. The molecule has 0 aliphatic rings. The molecule has 0 amide bonds. The number of nitrogens with zero attached hydrogens (tertiary/aromatic N) is 1. The maximum absolute atomic E-state index is 13.5. The van der Waals surface area contributed by atoms with Crippen molar-refractivity contribution < 1.29 is 18.8 Å². The molecule has 8 heteroatoms. The lowest BCUT2D eigenvalue weighted by Gasteiger charge is -2.14. The number of nitro groups is 1. The first-order valence-corrected chi connectivity index (χ1v) is 6.98. The summed E-state index contributed by atoms with van der Waals surface area (Å²) in [7, 11) is 0. The zero-order chi connectivity index (χ0) is 16.3. The molecule has 0 aliphatic carbocycles. The average Bonchev–Trinajstić information content (AvgIpc) is 2.45. The van der Waals surface area contributed by atoms with Crippen molar-refractivity contribution in [3.8, 4) is 0 Å². The normalized spacial score (nSPS) is 12.0. The number of halogens is 3. The van der Waals surface area contributed by atoms with Gasteiger partial charge in [0, 0.05) is 28.7 Å². The van der Waals surface area contributed by atoms with Gasteiger partial charge in [0.1, 0.15) is 17.3 Å². The molecule has 0 aliphatic heterocycles. The molecule has 1 unspecified atom stereocenters. The van der Waals surface area contributed by atoms with Crippen LogP contribution in [0.1, 0.15) is 11.7 Å². The Labute approximate surface area is 132 Å². The second kappa shape index (κ2) is 6.80. The lowest BCUT2D eigenvalue weighted by atomic mass is 10.1. The zero-order valence-electron chi connectivity index (χ0n) is 11.1. The minimum Gasteiger partial charge on any atom is -0.386 e. The number of benzene rings is 2. The van der Waals surface area contributed by atoms with Gasteiger partial charge in [0.25, 0.3) is 5.69 Å². The second-order valence-corrected chi connectivity index (χ2v) is 5.40. The van der Waals surface area contributed by atoms with Gasteiger partial charge < -0.3 is 10.4 Å². The third-order valence-electron chi connectivity index (χ3n) is 2.96. The first-order chi connectivity index (χ1) is 10.4. The first-order valence-electron chi connectivity index (χ1n) is 6.19. The summed E-state index contributed by atoms with van der Waals surface area (Å²) in [6, 6.07) is 7.21. The molecule has 116 valence electrons. The molecule has 0 saturated heterocycles. The van der Waals surface area contributed by atoms with Crippen LogP contribution in [-0.4, -0.2) is 16.6 Å². The summed E-state index contributed by atoms with van der Waals surface area (Å²) in [4.78, 5) is 10.4. The van der Waals surface area contributed by atoms with E-state index in [9.17, 15) is 24.0 Å². The van der Waals surface area contributed by atoms with Crippen molar-refractivity contribution in [3.05, 3.63) is 68.2 Å². The van der Waals surface area contributed by atoms with E-state index in [4.69, 9.17) is 0 Å². The summed E-state index contributed by atoms with van der Waals surface area (Å²) in [5, 5.41) is 23.6. The van der Waals surface area contributed by atoms with E-state index in [0.717, 1.165) is 12.1 Å². The maximum atomic E-state index is 13.5. The van der Waals surface area contributed by atoms with Crippen molar-refractivity contribution in [2.24, 2.45) is 0 Å². The van der Waals surface area contributed by atoms with E-state index >= 15 is 0 Å². The monoisotopic (exact) mass is 372 g/mol. The third kappa shape index (κ3) is 3.77. The predicted octanol–water partition coefficient (Wildman–Crippen LogP) is 3.78. The van der Waals surface area contributed by atoms with Gasteiger partial charge in [0.15, 0.2) is 0 Å². The molecule has 0 aromatic heterocycles. The van der Waals surface area contributed by atoms with E-state index in [1.807, 2.05) is 0 Å². The Morgan fingerprint density at radius 3 is 2.64 bits per heavy atom. The number of aliphatic hydroxyl groups is 1. The highest BCUT2D eigenvalue weighted by Gasteiger charge is 2.17. The Hall–Kier alpha value is -2.06. The van der Waals surface area contributed by atoms with Crippen LogP contribution >= 0.6 is 15.9 Å². The van der Waals surface area contributed by atoms with Crippen molar-refractivity contribution in [1.82, 2.24) is 0 Å². The van der Waals surface area contributed by atoms with Gasteiger partial charge in [-0.25, -0.2) is 8.78 Å². The first kappa shape index (κ1) is 16.3. The molecule has 1 atom stereocenters. The van der Waals surface area contributed by atoms with Crippen LogP contribution in [0.2, 0.25) is 0 Å². The number of rotatable bonds is 5. The van der Waals surface area contributed by atoms with Crippen LogP contribution in [0.5, 0.6) is 0 Å². The molecule has 2 aromatic rings. The molecule has 5 nitrogen and oxygen atoms in total. The number of hydrogen-bond donors (Lipinski definition) is 2. The largest absolute Gasteiger partial charge is 0.386 e. The van der Waals surface area contributed by atoms with Crippen molar-refractivity contribution >= 4 is 27.3 Å². The number of aliphatic hydroxyl groups excluding tert-OH is 1. The quantitative estimate of drug-likeness (QED) is 0.618. The van der Waals surface area contributed by atoms with Crippen molar-refractivity contribution in [1.29, 1.82) is 0 Å². The van der Waals surface area contributed by atoms with E-state index in [0.29, 0.717) is 10.5 Å². The summed E-state index contributed by atoms with van der Waals surface area (Å²) in [6.07, 6.45) is -1.27. The van der Waals surface area contributed by atoms with E-state index in [1.165, 1.54) is 12.1 Å². The van der Waals surface area contributed by atoms with Gasteiger partial charge in [0.05, 0.1) is 11.0 Å². The minimum absolute atomic E-state index is 0.0892. The fraction of sp³-hybridized carbons (Fsp3) is 0.143. The molecule has 2 N–H and O–H groups in total. The van der Waals surface area contributed by atoms with Crippen LogP contribution in [0.25, 0.3) is 0 Å². The molecule has 0 spiro atoms. The summed E-state index contributed by atoms with van der Waals surface area (Å²) >= 11 is 3.13. The van der Waals surface area contributed by atoms with Crippen LogP contribution in [0.3, 0.4) is 0 Å². The Balaban J connectivity index is 2.14. The molecular formula is C14H11BrF2N2O3. The highest BCUT2D eigenvalue weighted by molar-refractivity contribution is 9.10. The molecule has 2 aromatic carbocycles. The van der Waals surface area contributed by atoms with Crippen molar-refractivity contribution in [3.63, 3.8) is 0 Å². The number of anilines is 1. The van der Waals surface area contributed by atoms with Crippen LogP contribution in [-0.2, 0) is 0 Å². The molecule has 0 heterocycles. The number of nitro benzene ring substituents is 1. The maximum Gasteiger partial charge on any atom is 0.293 e. The van der Waals surface area contributed by atoms with Crippen LogP contribution in [0.4, 0.5) is 20.2 Å². The Morgan fingerprint density at radius 1 is 1.27 bits per heavy atom. The zero-order valence-corrected chi connectivity index (χ0v) is 12.7. The third-order valence-corrected chi connectivity index (χ3v) is 3.46. The van der Waals surface area contributed by atoms with E-state index in [2.05, 4.69) is 21.2 Å². The minimum atomic E-state index is -1.27. The Kier molecular flexibility index (Phi) is 5.04. The molecule has 0 bridgehead atoms. The molecule has 0 fully saturated rings. The Morgan fingerprint density at radius 2 is 2.00 bits per heavy atom. The standard InChI is InChI=1S/C14H11BrF2N2O3/c15-8-1-4-12(13(5-8)19(21)22)18-7-14(20)10-3-2-9(16)6-11(10)17/h1-6,14,18,20H,7H2. The van der Waals surface area contributed by atoms with Gasteiger partial charge in [-0.2, -0.15) is 0 Å². The van der Waals surface area contributed by atoms with Crippen LogP contribution in [0.15, 0.2) is 40.9 Å². The second-order valence-electron chi connectivity index (χ2n) is 4.48. The fourth-order valence-electron chi connectivity index (χ4n) is 1.89. The van der Waals surface area contributed by atoms with Crippen LogP contribution < -0.4 is 5.32 Å². The highest BCUT2D eigenvalue weighted by Crippen LogP contribution is 2.28. The molecular weight excluding hydrogens is 362 g/mol. The van der Waals surface area contributed by atoms with E-state index in [-0.39, 0.29) is 23.5 Å². The fourth-order valence-corrected chi connectivity index (χ4v) is 2.24.